The summed E-state index contributed by atoms with van der Waals surface area (Å²) >= 11 is 0. The van der Waals surface area contributed by atoms with Gasteiger partial charge in [0.2, 0.25) is 15.9 Å². The lowest BCUT2D eigenvalue weighted by molar-refractivity contribution is -0.116. The lowest BCUT2D eigenvalue weighted by Gasteiger charge is -2.09. The Hall–Kier alpha value is -3.30. The van der Waals surface area contributed by atoms with Crippen LogP contribution in [0.3, 0.4) is 0 Å². The fraction of sp³-hybridized carbons (Fsp3) is 0.227. The standard InChI is InChI=1S/C22H23N5O3S/c1-15(2)27-22-18(13-24-27)11-19(14-23-22)26-21(28)9-10-25-31(29,30)20-8-7-16-5-3-4-6-17(16)12-20/h3-8,11-15,25H,9-10H2,1-2H3,(H,26,28). The number of hydrogen-bond acceptors (Lipinski definition) is 5. The third kappa shape index (κ3) is 4.57. The lowest BCUT2D eigenvalue weighted by Crippen LogP contribution is -2.27. The molecular weight excluding hydrogens is 414 g/mol. The molecule has 0 aliphatic rings. The van der Waals surface area contributed by atoms with E-state index in [1.54, 1.807) is 36.7 Å². The molecule has 31 heavy (non-hydrogen) atoms. The molecule has 0 atom stereocenters. The van der Waals surface area contributed by atoms with Crippen LogP contribution < -0.4 is 10.0 Å². The van der Waals surface area contributed by atoms with Gasteiger partial charge in [-0.15, -0.1) is 0 Å². The van der Waals surface area contributed by atoms with Crippen molar-refractivity contribution in [2.24, 2.45) is 0 Å². The molecule has 2 N–H and O–H groups in total. The predicted molar refractivity (Wildman–Crippen MR) is 120 cm³/mol. The van der Waals surface area contributed by atoms with Crippen LogP contribution in [0, 0.1) is 0 Å². The third-order valence-corrected chi connectivity index (χ3v) is 6.34. The van der Waals surface area contributed by atoms with Crippen LogP contribution in [-0.4, -0.2) is 35.6 Å². The first-order valence-corrected chi connectivity index (χ1v) is 11.4. The SMILES string of the molecule is CC(C)n1ncc2cc(NC(=O)CCNS(=O)(=O)c3ccc4ccccc4c3)cnc21. The first-order chi connectivity index (χ1) is 14.8. The number of hydrogen-bond donors (Lipinski definition) is 2. The molecule has 0 radical (unpaired) electrons. The highest BCUT2D eigenvalue weighted by Crippen LogP contribution is 2.20. The number of nitrogens with zero attached hydrogens (tertiary/aromatic N) is 3. The number of pyridine rings is 1. The molecule has 0 saturated heterocycles. The van der Waals surface area contributed by atoms with Gasteiger partial charge in [0.05, 0.1) is 23.0 Å². The molecule has 0 unspecified atom stereocenters. The van der Waals surface area contributed by atoms with Crippen molar-refractivity contribution in [3.05, 3.63) is 60.9 Å². The molecule has 0 aliphatic carbocycles. The zero-order chi connectivity index (χ0) is 22.0. The topological polar surface area (TPSA) is 106 Å². The van der Waals surface area contributed by atoms with E-state index in [1.165, 1.54) is 0 Å². The van der Waals surface area contributed by atoms with Gasteiger partial charge >= 0.3 is 0 Å². The summed E-state index contributed by atoms with van der Waals surface area (Å²) in [6.45, 7) is 4.02. The Morgan fingerprint density at radius 1 is 1.03 bits per heavy atom. The number of carbonyl (C=O) groups is 1. The number of rotatable bonds is 7. The van der Waals surface area contributed by atoms with Gasteiger partial charge in [-0.05, 0) is 42.8 Å². The van der Waals surface area contributed by atoms with Crippen molar-refractivity contribution in [2.45, 2.75) is 31.2 Å². The van der Waals surface area contributed by atoms with Crippen LogP contribution >= 0.6 is 0 Å². The lowest BCUT2D eigenvalue weighted by atomic mass is 10.1. The Morgan fingerprint density at radius 2 is 1.81 bits per heavy atom. The summed E-state index contributed by atoms with van der Waals surface area (Å²) < 4.78 is 29.4. The molecule has 2 aromatic heterocycles. The molecule has 160 valence electrons. The van der Waals surface area contributed by atoms with Crippen molar-refractivity contribution in [3.8, 4) is 0 Å². The summed E-state index contributed by atoms with van der Waals surface area (Å²) in [5.74, 6) is -0.307. The van der Waals surface area contributed by atoms with E-state index in [4.69, 9.17) is 0 Å². The van der Waals surface area contributed by atoms with Crippen LogP contribution in [0.2, 0.25) is 0 Å². The van der Waals surface area contributed by atoms with Gasteiger partial charge in [-0.2, -0.15) is 5.10 Å². The second-order valence-corrected chi connectivity index (χ2v) is 9.29. The minimum absolute atomic E-state index is 0.00386. The summed E-state index contributed by atoms with van der Waals surface area (Å²) in [6, 6.07) is 14.5. The van der Waals surface area contributed by atoms with Gasteiger partial charge in [0.1, 0.15) is 0 Å². The van der Waals surface area contributed by atoms with E-state index in [0.717, 1.165) is 21.8 Å². The Morgan fingerprint density at radius 3 is 2.58 bits per heavy atom. The van der Waals surface area contributed by atoms with Gasteiger partial charge in [0.15, 0.2) is 5.65 Å². The molecule has 4 aromatic rings. The van der Waals surface area contributed by atoms with E-state index in [1.807, 2.05) is 42.8 Å². The second-order valence-electron chi connectivity index (χ2n) is 7.52. The number of benzene rings is 2. The van der Waals surface area contributed by atoms with Gasteiger partial charge in [0.25, 0.3) is 0 Å². The van der Waals surface area contributed by atoms with Crippen molar-refractivity contribution in [1.29, 1.82) is 0 Å². The summed E-state index contributed by atoms with van der Waals surface area (Å²) in [5.41, 5.74) is 1.29. The number of amides is 1. The maximum absolute atomic E-state index is 12.6. The van der Waals surface area contributed by atoms with Crippen molar-refractivity contribution >= 4 is 43.4 Å². The molecule has 0 aliphatic heterocycles. The zero-order valence-corrected chi connectivity index (χ0v) is 18.1. The average molecular weight is 438 g/mol. The number of carbonyl (C=O) groups excluding carboxylic acids is 1. The molecule has 2 aromatic carbocycles. The average Bonchev–Trinajstić information content (AvgIpc) is 3.17. The van der Waals surface area contributed by atoms with Gasteiger partial charge in [0, 0.05) is 24.4 Å². The quantitative estimate of drug-likeness (QED) is 0.460. The van der Waals surface area contributed by atoms with Crippen LogP contribution in [0.15, 0.2) is 65.8 Å². The minimum Gasteiger partial charge on any atom is -0.325 e. The maximum Gasteiger partial charge on any atom is 0.240 e. The molecule has 0 fully saturated rings. The monoisotopic (exact) mass is 437 g/mol. The number of fused-ring (bicyclic) bond motifs is 2. The normalized spacial score (nSPS) is 12.0. The zero-order valence-electron chi connectivity index (χ0n) is 17.2. The van der Waals surface area contributed by atoms with Gasteiger partial charge in [-0.3, -0.25) is 4.79 Å². The number of anilines is 1. The van der Waals surface area contributed by atoms with Gasteiger partial charge in [-0.1, -0.05) is 30.3 Å². The van der Waals surface area contributed by atoms with E-state index in [0.29, 0.717) is 5.69 Å². The maximum atomic E-state index is 12.6. The number of aromatic nitrogens is 3. The van der Waals surface area contributed by atoms with Crippen LogP contribution in [0.5, 0.6) is 0 Å². The van der Waals surface area contributed by atoms with E-state index >= 15 is 0 Å². The highest BCUT2D eigenvalue weighted by Gasteiger charge is 2.15. The van der Waals surface area contributed by atoms with Crippen LogP contribution in [0.25, 0.3) is 21.8 Å². The minimum atomic E-state index is -3.71. The number of nitrogens with one attached hydrogen (secondary N) is 2. The molecule has 0 spiro atoms. The van der Waals surface area contributed by atoms with E-state index in [-0.39, 0.29) is 29.8 Å². The molecule has 9 heteroatoms. The molecule has 1 amide bonds. The highest BCUT2D eigenvalue weighted by molar-refractivity contribution is 7.89. The Bertz CT molecular complexity index is 1360. The summed E-state index contributed by atoms with van der Waals surface area (Å²) in [5, 5.41) is 9.68. The molecule has 0 saturated carbocycles. The molecule has 8 nitrogen and oxygen atoms in total. The summed E-state index contributed by atoms with van der Waals surface area (Å²) in [7, 11) is -3.71. The molecule has 2 heterocycles. The van der Waals surface area contributed by atoms with E-state index in [9.17, 15) is 13.2 Å². The molecule has 4 rings (SSSR count). The first-order valence-electron chi connectivity index (χ1n) is 9.95. The fourth-order valence-corrected chi connectivity index (χ4v) is 4.39. The predicted octanol–water partition coefficient (Wildman–Crippen LogP) is 3.47. The molecular formula is C22H23N5O3S. The Kier molecular flexibility index (Phi) is 5.71. The smallest absolute Gasteiger partial charge is 0.240 e. The van der Waals surface area contributed by atoms with Crippen molar-refractivity contribution in [2.75, 3.05) is 11.9 Å². The molecule has 0 bridgehead atoms. The summed E-state index contributed by atoms with van der Waals surface area (Å²) in [4.78, 5) is 16.8. The number of sulfonamides is 1. The Labute approximate surface area is 180 Å². The highest BCUT2D eigenvalue weighted by atomic mass is 32.2. The second kappa shape index (κ2) is 8.44. The first kappa shape index (κ1) is 21.0. The van der Waals surface area contributed by atoms with Crippen LogP contribution in [-0.2, 0) is 14.8 Å². The van der Waals surface area contributed by atoms with Crippen molar-refractivity contribution in [3.63, 3.8) is 0 Å². The largest absolute Gasteiger partial charge is 0.325 e. The van der Waals surface area contributed by atoms with E-state index < -0.39 is 10.0 Å². The van der Waals surface area contributed by atoms with Gasteiger partial charge in [-0.25, -0.2) is 22.8 Å². The van der Waals surface area contributed by atoms with E-state index in [2.05, 4.69) is 20.1 Å². The summed E-state index contributed by atoms with van der Waals surface area (Å²) in [6.07, 6.45) is 3.27. The van der Waals surface area contributed by atoms with Crippen molar-refractivity contribution in [1.82, 2.24) is 19.5 Å². The van der Waals surface area contributed by atoms with Crippen LogP contribution in [0.1, 0.15) is 26.3 Å². The fourth-order valence-electron chi connectivity index (χ4n) is 3.33. The van der Waals surface area contributed by atoms with Gasteiger partial charge < -0.3 is 5.32 Å². The third-order valence-electron chi connectivity index (χ3n) is 4.88. The van der Waals surface area contributed by atoms with Crippen molar-refractivity contribution < 1.29 is 13.2 Å². The van der Waals surface area contributed by atoms with Crippen LogP contribution in [0.4, 0.5) is 5.69 Å². The Balaban J connectivity index is 1.36.